The first kappa shape index (κ1) is 19.5. The van der Waals surface area contributed by atoms with Crippen LogP contribution in [-0.2, 0) is 12.8 Å². The molecule has 0 aliphatic heterocycles. The van der Waals surface area contributed by atoms with Crippen LogP contribution in [0.5, 0.6) is 0 Å². The number of aryl methyl sites for hydroxylation is 2. The predicted molar refractivity (Wildman–Crippen MR) is 100 cm³/mol. The molecule has 1 nitrogen and oxygen atoms in total. The van der Waals surface area contributed by atoms with Gasteiger partial charge in [-0.2, -0.15) is 0 Å². The minimum Gasteiger partial charge on any atom is -0.306 e. The van der Waals surface area contributed by atoms with Crippen LogP contribution in [-0.4, -0.2) is 25.0 Å². The molecule has 0 bridgehead atoms. The monoisotopic (exact) mass is 323 g/mol. The van der Waals surface area contributed by atoms with E-state index >= 15 is 0 Å². The summed E-state index contributed by atoms with van der Waals surface area (Å²) in [5, 5.41) is 0. The van der Waals surface area contributed by atoms with E-state index in [1.165, 1.54) is 70.6 Å². The van der Waals surface area contributed by atoms with Crippen LogP contribution in [0.25, 0.3) is 0 Å². The standard InChI is InChI=1S/C10H21N.C10H12.ClH/c1-11(2)10-8-6-4-3-5-7-9-10;1-2-6-10-8-4-3-7-9(10)5-1;/h10H,3-9H2,1-2H3;1-2,5-6H,3-4,7-8H2;1H. The molecule has 3 rings (SSSR count). The molecule has 1 fully saturated rings. The minimum absolute atomic E-state index is 0. The molecule has 0 aromatic heterocycles. The number of rotatable bonds is 1. The third-order valence-electron chi connectivity index (χ3n) is 5.07. The Labute approximate surface area is 143 Å². The first-order chi connectivity index (χ1) is 10.3. The Hall–Kier alpha value is -0.530. The summed E-state index contributed by atoms with van der Waals surface area (Å²) in [6, 6.07) is 9.67. The SMILES string of the molecule is CN(C)C1CCCCCCC1.Cl.c1ccc2c(c1)CCCC2. The van der Waals surface area contributed by atoms with Crippen LogP contribution in [0.4, 0.5) is 0 Å². The Kier molecular flexibility index (Phi) is 9.82. The van der Waals surface area contributed by atoms with Gasteiger partial charge in [-0.05, 0) is 63.7 Å². The zero-order chi connectivity index (χ0) is 14.9. The van der Waals surface area contributed by atoms with Crippen molar-refractivity contribution in [2.45, 2.75) is 76.7 Å². The molecule has 22 heavy (non-hydrogen) atoms. The summed E-state index contributed by atoms with van der Waals surface area (Å²) in [6.07, 6.45) is 15.5. The van der Waals surface area contributed by atoms with E-state index in [0.29, 0.717) is 0 Å². The molecule has 0 N–H and O–H groups in total. The van der Waals surface area contributed by atoms with Crippen LogP contribution < -0.4 is 0 Å². The molecule has 0 amide bonds. The van der Waals surface area contributed by atoms with Gasteiger partial charge in [0.1, 0.15) is 0 Å². The van der Waals surface area contributed by atoms with Crippen molar-refractivity contribution in [3.8, 4) is 0 Å². The van der Waals surface area contributed by atoms with Crippen LogP contribution in [0.3, 0.4) is 0 Å². The first-order valence-electron chi connectivity index (χ1n) is 9.00. The van der Waals surface area contributed by atoms with Crippen molar-refractivity contribution in [1.82, 2.24) is 4.90 Å². The van der Waals surface area contributed by atoms with Crippen molar-refractivity contribution in [3.05, 3.63) is 35.4 Å². The Balaban J connectivity index is 0.000000211. The Morgan fingerprint density at radius 3 is 1.64 bits per heavy atom. The van der Waals surface area contributed by atoms with Gasteiger partial charge in [0.05, 0.1) is 0 Å². The Bertz CT molecular complexity index is 369. The smallest absolute Gasteiger partial charge is 0.00891 e. The molecule has 0 radical (unpaired) electrons. The largest absolute Gasteiger partial charge is 0.306 e. The molecule has 2 aliphatic rings. The summed E-state index contributed by atoms with van der Waals surface area (Å²) >= 11 is 0. The van der Waals surface area contributed by atoms with Crippen LogP contribution in [0, 0.1) is 0 Å². The normalized spacial score (nSPS) is 19.0. The zero-order valence-corrected chi connectivity index (χ0v) is 15.3. The van der Waals surface area contributed by atoms with E-state index in [4.69, 9.17) is 0 Å². The zero-order valence-electron chi connectivity index (χ0n) is 14.5. The number of hydrogen-bond acceptors (Lipinski definition) is 1. The fourth-order valence-electron chi connectivity index (χ4n) is 3.63. The summed E-state index contributed by atoms with van der Waals surface area (Å²) in [6.45, 7) is 0. The van der Waals surface area contributed by atoms with E-state index in [1.807, 2.05) is 0 Å². The van der Waals surface area contributed by atoms with Crippen molar-refractivity contribution in [2.75, 3.05) is 14.1 Å². The highest BCUT2D eigenvalue weighted by Gasteiger charge is 2.12. The molecule has 0 saturated heterocycles. The Morgan fingerprint density at radius 1 is 0.727 bits per heavy atom. The molecule has 0 spiro atoms. The lowest BCUT2D eigenvalue weighted by atomic mass is 9.92. The van der Waals surface area contributed by atoms with Gasteiger partial charge >= 0.3 is 0 Å². The average Bonchev–Trinajstić information content (AvgIpc) is 2.47. The van der Waals surface area contributed by atoms with Gasteiger partial charge < -0.3 is 4.90 Å². The van der Waals surface area contributed by atoms with Gasteiger partial charge in [-0.3, -0.25) is 0 Å². The van der Waals surface area contributed by atoms with E-state index in [1.54, 1.807) is 11.1 Å². The van der Waals surface area contributed by atoms with Crippen molar-refractivity contribution in [3.63, 3.8) is 0 Å². The second-order valence-corrected chi connectivity index (χ2v) is 6.94. The van der Waals surface area contributed by atoms with Crippen LogP contribution >= 0.6 is 12.4 Å². The van der Waals surface area contributed by atoms with Crippen molar-refractivity contribution >= 4 is 12.4 Å². The molecule has 0 unspecified atom stereocenters. The summed E-state index contributed by atoms with van der Waals surface area (Å²) in [7, 11) is 4.43. The fourth-order valence-corrected chi connectivity index (χ4v) is 3.63. The molecule has 1 aromatic rings. The van der Waals surface area contributed by atoms with Gasteiger partial charge in [0.2, 0.25) is 0 Å². The molecule has 0 heterocycles. The molecule has 0 atom stereocenters. The van der Waals surface area contributed by atoms with Crippen molar-refractivity contribution in [2.24, 2.45) is 0 Å². The maximum absolute atomic E-state index is 2.39. The average molecular weight is 324 g/mol. The first-order valence-corrected chi connectivity index (χ1v) is 9.00. The lowest BCUT2D eigenvalue weighted by molar-refractivity contribution is 0.242. The predicted octanol–water partition coefficient (Wildman–Crippen LogP) is 5.65. The van der Waals surface area contributed by atoms with E-state index in [-0.39, 0.29) is 12.4 Å². The van der Waals surface area contributed by atoms with Gasteiger partial charge in [0.25, 0.3) is 0 Å². The van der Waals surface area contributed by atoms with Gasteiger partial charge in [0.15, 0.2) is 0 Å². The van der Waals surface area contributed by atoms with E-state index < -0.39 is 0 Å². The highest BCUT2D eigenvalue weighted by molar-refractivity contribution is 5.85. The third kappa shape index (κ3) is 6.71. The Morgan fingerprint density at radius 2 is 1.18 bits per heavy atom. The van der Waals surface area contributed by atoms with Crippen molar-refractivity contribution in [1.29, 1.82) is 0 Å². The number of nitrogens with zero attached hydrogens (tertiary/aromatic N) is 1. The summed E-state index contributed by atoms with van der Waals surface area (Å²) < 4.78 is 0. The number of fused-ring (bicyclic) bond motifs is 1. The van der Waals surface area contributed by atoms with Gasteiger partial charge in [-0.15, -0.1) is 12.4 Å². The number of hydrogen-bond donors (Lipinski definition) is 0. The van der Waals surface area contributed by atoms with Gasteiger partial charge in [-0.25, -0.2) is 0 Å². The molecular formula is C20H34ClN. The molecule has 2 heteroatoms. The highest BCUT2D eigenvalue weighted by atomic mass is 35.5. The molecule has 126 valence electrons. The molecule has 1 aromatic carbocycles. The van der Waals surface area contributed by atoms with Crippen LogP contribution in [0.1, 0.15) is 68.9 Å². The van der Waals surface area contributed by atoms with Crippen molar-refractivity contribution < 1.29 is 0 Å². The lowest BCUT2D eigenvalue weighted by Gasteiger charge is -2.25. The minimum atomic E-state index is 0. The molecule has 2 aliphatic carbocycles. The number of benzene rings is 1. The van der Waals surface area contributed by atoms with E-state index in [0.717, 1.165) is 6.04 Å². The van der Waals surface area contributed by atoms with Crippen LogP contribution in [0.15, 0.2) is 24.3 Å². The van der Waals surface area contributed by atoms with E-state index in [9.17, 15) is 0 Å². The number of halogens is 1. The maximum Gasteiger partial charge on any atom is 0.00891 e. The second-order valence-electron chi connectivity index (χ2n) is 6.94. The summed E-state index contributed by atoms with van der Waals surface area (Å²) in [4.78, 5) is 2.39. The molecular weight excluding hydrogens is 290 g/mol. The summed E-state index contributed by atoms with van der Waals surface area (Å²) in [5.74, 6) is 0. The fraction of sp³-hybridized carbons (Fsp3) is 0.700. The van der Waals surface area contributed by atoms with E-state index in [2.05, 4.69) is 43.3 Å². The second kappa shape index (κ2) is 11.1. The van der Waals surface area contributed by atoms with Gasteiger partial charge in [-0.1, -0.05) is 56.4 Å². The maximum atomic E-state index is 2.39. The lowest BCUT2D eigenvalue weighted by Crippen LogP contribution is -2.28. The molecule has 1 saturated carbocycles. The quantitative estimate of drug-likeness (QED) is 0.645. The summed E-state index contributed by atoms with van der Waals surface area (Å²) in [5.41, 5.74) is 3.16. The topological polar surface area (TPSA) is 3.24 Å². The van der Waals surface area contributed by atoms with Gasteiger partial charge in [0, 0.05) is 6.04 Å². The highest BCUT2D eigenvalue weighted by Crippen LogP contribution is 2.20. The third-order valence-corrected chi connectivity index (χ3v) is 5.07. The van der Waals surface area contributed by atoms with Crippen LogP contribution in [0.2, 0.25) is 0 Å².